The van der Waals surface area contributed by atoms with Gasteiger partial charge in [-0.1, -0.05) is 6.07 Å². The van der Waals surface area contributed by atoms with E-state index in [-0.39, 0.29) is 5.88 Å². The molecule has 6 heteroatoms. The topological polar surface area (TPSA) is 63.8 Å². The van der Waals surface area contributed by atoms with Gasteiger partial charge in [0.2, 0.25) is 11.8 Å². The van der Waals surface area contributed by atoms with Gasteiger partial charge in [-0.3, -0.25) is 0 Å². The van der Waals surface area contributed by atoms with Crippen molar-refractivity contribution in [2.45, 2.75) is 0 Å². The Hall–Kier alpha value is -2.76. The molecule has 0 aliphatic rings. The highest BCUT2D eigenvalue weighted by atomic mass is 19.1. The maximum atomic E-state index is 13.2. The Bertz CT molecular complexity index is 712. The minimum Gasteiger partial charge on any atom is -0.492 e. The lowest BCUT2D eigenvalue weighted by Gasteiger charge is -2.05. The van der Waals surface area contributed by atoms with Crippen LogP contribution in [0, 0.1) is 5.95 Å². The van der Waals surface area contributed by atoms with Crippen molar-refractivity contribution in [3.8, 4) is 23.0 Å². The van der Waals surface area contributed by atoms with Crippen molar-refractivity contribution in [3.63, 3.8) is 0 Å². The zero-order valence-electron chi connectivity index (χ0n) is 9.73. The van der Waals surface area contributed by atoms with Crippen LogP contribution in [0.25, 0.3) is 17.1 Å². The van der Waals surface area contributed by atoms with Gasteiger partial charge in [0.05, 0.1) is 5.69 Å². The fourth-order valence-electron chi connectivity index (χ4n) is 1.79. The third-order valence-electron chi connectivity index (χ3n) is 2.59. The van der Waals surface area contributed by atoms with E-state index in [2.05, 4.69) is 15.1 Å². The summed E-state index contributed by atoms with van der Waals surface area (Å²) in [4.78, 5) is 7.65. The van der Waals surface area contributed by atoms with Gasteiger partial charge in [0, 0.05) is 30.1 Å². The summed E-state index contributed by atoms with van der Waals surface area (Å²) in [5, 5.41) is 13.5. The summed E-state index contributed by atoms with van der Waals surface area (Å²) in [6.45, 7) is 0. The van der Waals surface area contributed by atoms with E-state index in [1.165, 1.54) is 23.0 Å². The molecule has 1 N–H and O–H groups in total. The summed E-state index contributed by atoms with van der Waals surface area (Å²) in [5.41, 5.74) is 1.10. The first kappa shape index (κ1) is 11.3. The highest BCUT2D eigenvalue weighted by Crippen LogP contribution is 2.25. The van der Waals surface area contributed by atoms with Crippen LogP contribution in [0.5, 0.6) is 5.88 Å². The fraction of sp³-hybridized carbons (Fsp3) is 0. The lowest BCUT2D eigenvalue weighted by atomic mass is 10.2. The van der Waals surface area contributed by atoms with E-state index in [0.29, 0.717) is 17.1 Å². The van der Waals surface area contributed by atoms with Crippen LogP contribution < -0.4 is 0 Å². The quantitative estimate of drug-likeness (QED) is 0.714. The highest BCUT2D eigenvalue weighted by Gasteiger charge is 2.12. The standard InChI is InChI=1S/C13H9FN4O/c14-11-7-9(4-6-15-11)10-8-13(19)17-18(10)12-3-1-2-5-16-12/h1-8H,(H,17,19). The van der Waals surface area contributed by atoms with Gasteiger partial charge >= 0.3 is 0 Å². The average Bonchev–Trinajstić information content (AvgIpc) is 2.82. The van der Waals surface area contributed by atoms with Crippen LogP contribution in [0.15, 0.2) is 48.8 Å². The van der Waals surface area contributed by atoms with Gasteiger partial charge in [-0.15, -0.1) is 5.10 Å². The molecule has 5 nitrogen and oxygen atoms in total. The van der Waals surface area contributed by atoms with Crippen molar-refractivity contribution in [2.24, 2.45) is 0 Å². The lowest BCUT2D eigenvalue weighted by Crippen LogP contribution is -2.01. The van der Waals surface area contributed by atoms with Crippen LogP contribution in [0.1, 0.15) is 0 Å². The van der Waals surface area contributed by atoms with E-state index >= 15 is 0 Å². The first-order valence-electron chi connectivity index (χ1n) is 5.56. The second-order valence-corrected chi connectivity index (χ2v) is 3.85. The molecule has 0 fully saturated rings. The Balaban J connectivity index is 2.18. The smallest absolute Gasteiger partial charge is 0.231 e. The molecule has 0 bridgehead atoms. The van der Waals surface area contributed by atoms with Gasteiger partial charge in [0.25, 0.3) is 0 Å². The zero-order valence-corrected chi connectivity index (χ0v) is 9.73. The number of pyridine rings is 2. The highest BCUT2D eigenvalue weighted by molar-refractivity contribution is 5.62. The van der Waals surface area contributed by atoms with E-state index in [1.807, 2.05) is 0 Å². The number of aromatic hydroxyl groups is 1. The van der Waals surface area contributed by atoms with Gasteiger partial charge in [-0.05, 0) is 18.2 Å². The molecule has 0 aliphatic heterocycles. The average molecular weight is 256 g/mol. The van der Waals surface area contributed by atoms with E-state index in [9.17, 15) is 9.50 Å². The minimum absolute atomic E-state index is 0.155. The molecule has 94 valence electrons. The molecule has 3 rings (SSSR count). The Morgan fingerprint density at radius 1 is 1.05 bits per heavy atom. The fourth-order valence-corrected chi connectivity index (χ4v) is 1.79. The van der Waals surface area contributed by atoms with Gasteiger partial charge in [0.15, 0.2) is 5.82 Å². The zero-order chi connectivity index (χ0) is 13.2. The maximum absolute atomic E-state index is 13.2. The Labute approximate surface area is 108 Å². The monoisotopic (exact) mass is 256 g/mol. The number of rotatable bonds is 2. The van der Waals surface area contributed by atoms with Crippen molar-refractivity contribution in [3.05, 3.63) is 54.7 Å². The molecule has 0 saturated heterocycles. The van der Waals surface area contributed by atoms with Gasteiger partial charge in [-0.2, -0.15) is 4.39 Å². The molecular weight excluding hydrogens is 247 g/mol. The van der Waals surface area contributed by atoms with Crippen LogP contribution in [0.2, 0.25) is 0 Å². The minimum atomic E-state index is -0.592. The second kappa shape index (κ2) is 4.49. The molecule has 0 aromatic carbocycles. The van der Waals surface area contributed by atoms with E-state index in [0.717, 1.165) is 0 Å². The number of aromatic nitrogens is 4. The normalized spacial score (nSPS) is 10.6. The molecule has 3 aromatic heterocycles. The van der Waals surface area contributed by atoms with Crippen molar-refractivity contribution in [1.82, 2.24) is 19.7 Å². The van der Waals surface area contributed by atoms with Gasteiger partial charge in [0.1, 0.15) is 0 Å². The Morgan fingerprint density at radius 3 is 2.68 bits per heavy atom. The number of halogens is 1. The van der Waals surface area contributed by atoms with Crippen LogP contribution in [0.4, 0.5) is 4.39 Å². The van der Waals surface area contributed by atoms with Crippen LogP contribution in [-0.2, 0) is 0 Å². The second-order valence-electron chi connectivity index (χ2n) is 3.85. The predicted octanol–water partition coefficient (Wildman–Crippen LogP) is 2.17. The van der Waals surface area contributed by atoms with E-state index < -0.39 is 5.95 Å². The van der Waals surface area contributed by atoms with E-state index in [1.54, 1.807) is 30.5 Å². The lowest BCUT2D eigenvalue weighted by molar-refractivity contribution is 0.447. The van der Waals surface area contributed by atoms with E-state index in [4.69, 9.17) is 0 Å². The largest absolute Gasteiger partial charge is 0.492 e. The van der Waals surface area contributed by atoms with Crippen LogP contribution >= 0.6 is 0 Å². The molecule has 3 aromatic rings. The molecule has 0 radical (unpaired) electrons. The number of nitrogens with zero attached hydrogens (tertiary/aromatic N) is 4. The Morgan fingerprint density at radius 2 is 1.95 bits per heavy atom. The SMILES string of the molecule is Oc1cc(-c2ccnc(F)c2)n(-c2ccccn2)n1. The summed E-state index contributed by atoms with van der Waals surface area (Å²) < 4.78 is 14.6. The molecule has 3 heterocycles. The summed E-state index contributed by atoms with van der Waals surface area (Å²) >= 11 is 0. The van der Waals surface area contributed by atoms with Crippen LogP contribution in [-0.4, -0.2) is 24.9 Å². The van der Waals surface area contributed by atoms with Gasteiger partial charge < -0.3 is 5.11 Å². The third-order valence-corrected chi connectivity index (χ3v) is 2.59. The van der Waals surface area contributed by atoms with Crippen molar-refractivity contribution >= 4 is 0 Å². The van der Waals surface area contributed by atoms with Crippen molar-refractivity contribution in [1.29, 1.82) is 0 Å². The summed E-state index contributed by atoms with van der Waals surface area (Å²) in [7, 11) is 0. The summed E-state index contributed by atoms with van der Waals surface area (Å²) in [5.74, 6) is -0.210. The summed E-state index contributed by atoms with van der Waals surface area (Å²) in [6.07, 6.45) is 2.97. The van der Waals surface area contributed by atoms with Crippen molar-refractivity contribution < 1.29 is 9.50 Å². The first-order valence-corrected chi connectivity index (χ1v) is 5.56. The Kier molecular flexibility index (Phi) is 2.68. The maximum Gasteiger partial charge on any atom is 0.231 e. The van der Waals surface area contributed by atoms with Crippen molar-refractivity contribution in [2.75, 3.05) is 0 Å². The molecule has 0 unspecified atom stereocenters. The molecule has 19 heavy (non-hydrogen) atoms. The van der Waals surface area contributed by atoms with Gasteiger partial charge in [-0.25, -0.2) is 14.6 Å². The molecule has 0 atom stereocenters. The molecule has 0 amide bonds. The molecule has 0 spiro atoms. The number of hydrogen-bond acceptors (Lipinski definition) is 4. The first-order chi connectivity index (χ1) is 9.24. The third kappa shape index (κ3) is 2.15. The number of hydrogen-bond donors (Lipinski definition) is 1. The predicted molar refractivity (Wildman–Crippen MR) is 66.2 cm³/mol. The molecular formula is C13H9FN4O. The van der Waals surface area contributed by atoms with Crippen LogP contribution in [0.3, 0.4) is 0 Å². The summed E-state index contributed by atoms with van der Waals surface area (Å²) in [6, 6.07) is 9.68. The molecule has 0 saturated carbocycles. The molecule has 0 aliphatic carbocycles.